The number of hydrogen-bond donors (Lipinski definition) is 0. The second kappa shape index (κ2) is 2.94. The number of rotatable bonds is 0. The van der Waals surface area contributed by atoms with E-state index in [9.17, 15) is 0 Å². The van der Waals surface area contributed by atoms with Gasteiger partial charge in [-0.25, -0.2) is 0 Å². The number of hydrogen-bond acceptors (Lipinski definition) is 1. The molecule has 0 saturated heterocycles. The molecule has 1 aliphatic rings. The van der Waals surface area contributed by atoms with Gasteiger partial charge in [-0.2, -0.15) is 0 Å². The van der Waals surface area contributed by atoms with Gasteiger partial charge in [0.05, 0.1) is 5.69 Å². The predicted molar refractivity (Wildman–Crippen MR) is 53.0 cm³/mol. The fourth-order valence-electron chi connectivity index (χ4n) is 1.39. The topological polar surface area (TPSA) is 12.4 Å². The molecule has 1 heteroatoms. The number of allylic oxidation sites excluding steroid dienone is 1. The molecule has 1 aromatic rings. The Morgan fingerprint density at radius 3 is 3.17 bits per heavy atom. The minimum absolute atomic E-state index is 0.939. The second-order valence-corrected chi connectivity index (χ2v) is 2.96. The number of nitrogens with zero attached hydrogens (tertiary/aromatic N) is 1. The standard InChI is InChI=1S/C11H11N/c1-9-5-4-7-11-10(9)6-2-3-8-12-11/h2,4-8H,3H2,1H3. The lowest BCUT2D eigenvalue weighted by atomic mass is 10.1. The molecule has 0 atom stereocenters. The summed E-state index contributed by atoms with van der Waals surface area (Å²) in [6.07, 6.45) is 7.18. The van der Waals surface area contributed by atoms with Gasteiger partial charge in [-0.05, 0) is 18.6 Å². The lowest BCUT2D eigenvalue weighted by Crippen LogP contribution is -1.79. The van der Waals surface area contributed by atoms with Gasteiger partial charge in [-0.1, -0.05) is 24.3 Å². The number of aryl methyl sites for hydroxylation is 1. The van der Waals surface area contributed by atoms with Crippen LogP contribution in [0.15, 0.2) is 29.3 Å². The maximum atomic E-state index is 4.36. The summed E-state index contributed by atoms with van der Waals surface area (Å²) in [6, 6.07) is 6.21. The molecule has 12 heavy (non-hydrogen) atoms. The van der Waals surface area contributed by atoms with Crippen LogP contribution < -0.4 is 0 Å². The van der Waals surface area contributed by atoms with E-state index in [1.165, 1.54) is 11.1 Å². The quantitative estimate of drug-likeness (QED) is 0.548. The highest BCUT2D eigenvalue weighted by Gasteiger charge is 2.01. The lowest BCUT2D eigenvalue weighted by Gasteiger charge is -2.02. The number of aliphatic imine (C=N–C) groups is 1. The van der Waals surface area contributed by atoms with Crippen LogP contribution >= 0.6 is 0 Å². The van der Waals surface area contributed by atoms with Crippen LogP contribution in [-0.2, 0) is 0 Å². The molecule has 0 amide bonds. The first-order valence-electron chi connectivity index (χ1n) is 4.16. The van der Waals surface area contributed by atoms with E-state index in [1.54, 1.807) is 0 Å². The number of benzene rings is 1. The summed E-state index contributed by atoms with van der Waals surface area (Å²) >= 11 is 0. The Morgan fingerprint density at radius 1 is 1.33 bits per heavy atom. The molecule has 1 aliphatic heterocycles. The van der Waals surface area contributed by atoms with Gasteiger partial charge in [0.25, 0.3) is 0 Å². The van der Waals surface area contributed by atoms with Crippen molar-refractivity contribution >= 4 is 18.0 Å². The van der Waals surface area contributed by atoms with Gasteiger partial charge in [-0.3, -0.25) is 4.99 Å². The molecule has 0 saturated carbocycles. The van der Waals surface area contributed by atoms with Gasteiger partial charge in [0, 0.05) is 18.2 Å². The van der Waals surface area contributed by atoms with E-state index in [-0.39, 0.29) is 0 Å². The minimum atomic E-state index is 0.939. The predicted octanol–water partition coefficient (Wildman–Crippen LogP) is 3.11. The van der Waals surface area contributed by atoms with Crippen molar-refractivity contribution < 1.29 is 0 Å². The van der Waals surface area contributed by atoms with Crippen LogP contribution in [0.3, 0.4) is 0 Å². The summed E-state index contributed by atoms with van der Waals surface area (Å²) < 4.78 is 0. The van der Waals surface area contributed by atoms with Crippen LogP contribution in [0.2, 0.25) is 0 Å². The molecule has 1 heterocycles. The van der Waals surface area contributed by atoms with E-state index in [4.69, 9.17) is 0 Å². The first-order valence-corrected chi connectivity index (χ1v) is 4.16. The summed E-state index contributed by atoms with van der Waals surface area (Å²) in [5.41, 5.74) is 3.64. The van der Waals surface area contributed by atoms with Gasteiger partial charge in [-0.15, -0.1) is 0 Å². The first kappa shape index (κ1) is 7.29. The Kier molecular flexibility index (Phi) is 1.78. The molecule has 0 bridgehead atoms. The molecule has 1 nitrogen and oxygen atoms in total. The van der Waals surface area contributed by atoms with Crippen LogP contribution in [0.4, 0.5) is 5.69 Å². The van der Waals surface area contributed by atoms with Crippen LogP contribution in [0.25, 0.3) is 6.08 Å². The maximum Gasteiger partial charge on any atom is 0.0700 e. The molecule has 0 N–H and O–H groups in total. The van der Waals surface area contributed by atoms with Gasteiger partial charge in [0.2, 0.25) is 0 Å². The second-order valence-electron chi connectivity index (χ2n) is 2.96. The van der Waals surface area contributed by atoms with E-state index < -0.39 is 0 Å². The lowest BCUT2D eigenvalue weighted by molar-refractivity contribution is 1.41. The van der Waals surface area contributed by atoms with Crippen LogP contribution in [0, 0.1) is 6.92 Å². The Labute approximate surface area is 72.5 Å². The SMILES string of the molecule is Cc1cccc2c1C=CCC=N2. The van der Waals surface area contributed by atoms with Crippen LogP contribution in [0.5, 0.6) is 0 Å². The van der Waals surface area contributed by atoms with Gasteiger partial charge < -0.3 is 0 Å². The molecule has 0 radical (unpaired) electrons. The van der Waals surface area contributed by atoms with Crippen molar-refractivity contribution in [2.75, 3.05) is 0 Å². The summed E-state index contributed by atoms with van der Waals surface area (Å²) in [5, 5.41) is 0. The Balaban J connectivity index is 2.65. The third-order valence-electron chi connectivity index (χ3n) is 2.06. The molecular weight excluding hydrogens is 146 g/mol. The Bertz CT molecular complexity index is 348. The van der Waals surface area contributed by atoms with Crippen molar-refractivity contribution in [1.29, 1.82) is 0 Å². The average Bonchev–Trinajstić information content (AvgIpc) is 2.30. The summed E-state index contributed by atoms with van der Waals surface area (Å²) in [5.74, 6) is 0. The van der Waals surface area contributed by atoms with E-state index >= 15 is 0 Å². The maximum absolute atomic E-state index is 4.36. The van der Waals surface area contributed by atoms with Gasteiger partial charge in [0.1, 0.15) is 0 Å². The zero-order valence-corrected chi connectivity index (χ0v) is 7.12. The highest BCUT2D eigenvalue weighted by Crippen LogP contribution is 2.25. The number of fused-ring (bicyclic) bond motifs is 1. The summed E-state index contributed by atoms with van der Waals surface area (Å²) in [6.45, 7) is 2.12. The molecule has 1 aromatic carbocycles. The zero-order chi connectivity index (χ0) is 8.39. The van der Waals surface area contributed by atoms with E-state index in [0.717, 1.165) is 12.1 Å². The monoisotopic (exact) mass is 157 g/mol. The van der Waals surface area contributed by atoms with Crippen molar-refractivity contribution in [2.45, 2.75) is 13.3 Å². The Hall–Kier alpha value is -1.37. The fraction of sp³-hybridized carbons (Fsp3) is 0.182. The Morgan fingerprint density at radius 2 is 2.25 bits per heavy atom. The highest BCUT2D eigenvalue weighted by molar-refractivity contribution is 5.76. The van der Waals surface area contributed by atoms with Gasteiger partial charge in [0.15, 0.2) is 0 Å². The fourth-order valence-corrected chi connectivity index (χ4v) is 1.39. The molecule has 60 valence electrons. The van der Waals surface area contributed by atoms with Crippen molar-refractivity contribution in [3.63, 3.8) is 0 Å². The van der Waals surface area contributed by atoms with Crippen molar-refractivity contribution in [3.8, 4) is 0 Å². The summed E-state index contributed by atoms with van der Waals surface area (Å²) in [7, 11) is 0. The van der Waals surface area contributed by atoms with Crippen LogP contribution in [0.1, 0.15) is 17.5 Å². The molecule has 0 spiro atoms. The normalized spacial score (nSPS) is 14.1. The molecule has 0 aromatic heterocycles. The van der Waals surface area contributed by atoms with E-state index in [2.05, 4.69) is 36.2 Å². The van der Waals surface area contributed by atoms with Crippen molar-refractivity contribution in [1.82, 2.24) is 0 Å². The third kappa shape index (κ3) is 1.18. The first-order chi connectivity index (χ1) is 5.88. The smallest absolute Gasteiger partial charge is 0.0700 e. The third-order valence-corrected chi connectivity index (χ3v) is 2.06. The molecule has 0 unspecified atom stereocenters. The van der Waals surface area contributed by atoms with Crippen LogP contribution in [-0.4, -0.2) is 6.21 Å². The van der Waals surface area contributed by atoms with E-state index in [0.29, 0.717) is 0 Å². The largest absolute Gasteiger partial charge is 0.260 e. The zero-order valence-electron chi connectivity index (χ0n) is 7.12. The molecule has 2 rings (SSSR count). The average molecular weight is 157 g/mol. The molecule has 0 fully saturated rings. The highest BCUT2D eigenvalue weighted by atomic mass is 14.7. The van der Waals surface area contributed by atoms with E-state index in [1.807, 2.05) is 12.3 Å². The van der Waals surface area contributed by atoms with Crippen molar-refractivity contribution in [2.24, 2.45) is 4.99 Å². The van der Waals surface area contributed by atoms with Crippen molar-refractivity contribution in [3.05, 3.63) is 35.4 Å². The molecular formula is C11H11N. The molecule has 0 aliphatic carbocycles. The van der Waals surface area contributed by atoms with Gasteiger partial charge >= 0.3 is 0 Å². The minimum Gasteiger partial charge on any atom is -0.260 e. The summed E-state index contributed by atoms with van der Waals surface area (Å²) in [4.78, 5) is 4.36.